The van der Waals surface area contributed by atoms with Gasteiger partial charge in [0.05, 0.1) is 0 Å². The summed E-state index contributed by atoms with van der Waals surface area (Å²) >= 11 is 0. The van der Waals surface area contributed by atoms with Crippen LogP contribution in [0, 0.1) is 5.82 Å². The number of carbonyl (C=O) groups excluding carboxylic acids is 1. The zero-order valence-electron chi connectivity index (χ0n) is 14.4. The Balaban J connectivity index is 1.31. The summed E-state index contributed by atoms with van der Waals surface area (Å²) in [5.74, 6) is -0.539. The van der Waals surface area contributed by atoms with E-state index in [1.807, 2.05) is 11.1 Å². The molecule has 1 aliphatic rings. The fraction of sp³-hybridized carbons (Fsp3) is 0.250. The molecule has 1 aliphatic heterocycles. The van der Waals surface area contributed by atoms with Crippen molar-refractivity contribution in [3.05, 3.63) is 71.7 Å². The summed E-state index contributed by atoms with van der Waals surface area (Å²) in [7, 11) is 0. The normalized spacial score (nSPS) is 16.0. The number of piperazine rings is 1. The van der Waals surface area contributed by atoms with E-state index in [0.29, 0.717) is 5.56 Å². The number of amides is 1. The van der Waals surface area contributed by atoms with Crippen molar-refractivity contribution >= 4 is 16.8 Å². The number of H-pyrrole nitrogens is 1. The van der Waals surface area contributed by atoms with Crippen molar-refractivity contribution in [3.63, 3.8) is 0 Å². The summed E-state index contributed by atoms with van der Waals surface area (Å²) < 4.78 is 13.0. The highest BCUT2D eigenvalue weighted by Crippen LogP contribution is 2.19. The molecule has 0 saturated carbocycles. The van der Waals surface area contributed by atoms with Crippen molar-refractivity contribution < 1.29 is 9.18 Å². The molecule has 0 spiro atoms. The Kier molecular flexibility index (Phi) is 4.69. The Hall–Kier alpha value is -2.70. The molecule has 0 radical (unpaired) electrons. The number of nitrogens with zero attached hydrogens (tertiary/aromatic N) is 2. The number of hydrogen-bond acceptors (Lipinski definition) is 3. The fourth-order valence-electron chi connectivity index (χ4n) is 3.33. The van der Waals surface area contributed by atoms with Crippen LogP contribution in [-0.2, 0) is 6.54 Å². The lowest BCUT2D eigenvalue weighted by molar-refractivity contribution is 0.0605. The van der Waals surface area contributed by atoms with E-state index in [1.54, 1.807) is 0 Å². The van der Waals surface area contributed by atoms with E-state index in [2.05, 4.69) is 39.7 Å². The van der Waals surface area contributed by atoms with Crippen molar-refractivity contribution in [1.29, 1.82) is 0 Å². The van der Waals surface area contributed by atoms with Gasteiger partial charge in [0.15, 0.2) is 0 Å². The molecule has 3 aromatic rings. The molecule has 0 bridgehead atoms. The first-order valence-electron chi connectivity index (χ1n) is 8.78. The van der Waals surface area contributed by atoms with Crippen LogP contribution in [0.4, 0.5) is 4.39 Å². The van der Waals surface area contributed by atoms with Gasteiger partial charge in [-0.15, -0.1) is 0 Å². The number of para-hydroxylation sites is 1. The van der Waals surface area contributed by atoms with Gasteiger partial charge in [-0.25, -0.2) is 9.40 Å². The minimum atomic E-state index is -0.340. The molecule has 1 saturated heterocycles. The first kappa shape index (κ1) is 16.8. The second kappa shape index (κ2) is 7.27. The zero-order chi connectivity index (χ0) is 17.9. The van der Waals surface area contributed by atoms with Gasteiger partial charge in [0.25, 0.3) is 5.91 Å². The minimum Gasteiger partial charge on any atom is -0.361 e. The molecule has 2 N–H and O–H groups in total. The Morgan fingerprint density at radius 2 is 1.77 bits per heavy atom. The standard InChI is InChI=1S/C20H21FN4O/c21-17-7-5-15(6-8-17)20(26)23-25-11-9-24(10-12-25)14-16-13-22-19-4-2-1-3-18(16)19/h1-8,13,22H,9-12,14H2,(H,23,26). The summed E-state index contributed by atoms with van der Waals surface area (Å²) in [6.45, 7) is 4.17. The van der Waals surface area contributed by atoms with E-state index in [4.69, 9.17) is 0 Å². The van der Waals surface area contributed by atoms with Gasteiger partial charge < -0.3 is 4.98 Å². The molecule has 6 heteroatoms. The van der Waals surface area contributed by atoms with E-state index in [9.17, 15) is 9.18 Å². The lowest BCUT2D eigenvalue weighted by Crippen LogP contribution is -2.53. The Bertz CT molecular complexity index is 898. The number of aromatic nitrogens is 1. The van der Waals surface area contributed by atoms with Crippen LogP contribution in [-0.4, -0.2) is 47.0 Å². The quantitative estimate of drug-likeness (QED) is 0.759. The van der Waals surface area contributed by atoms with Crippen molar-refractivity contribution in [2.45, 2.75) is 6.54 Å². The predicted molar refractivity (Wildman–Crippen MR) is 99.0 cm³/mol. The number of fused-ring (bicyclic) bond motifs is 1. The topological polar surface area (TPSA) is 51.4 Å². The van der Waals surface area contributed by atoms with E-state index in [-0.39, 0.29) is 11.7 Å². The van der Waals surface area contributed by atoms with Crippen LogP contribution in [0.2, 0.25) is 0 Å². The van der Waals surface area contributed by atoms with E-state index >= 15 is 0 Å². The molecular weight excluding hydrogens is 331 g/mol. The number of hydrogen-bond donors (Lipinski definition) is 2. The van der Waals surface area contributed by atoms with Gasteiger partial charge in [-0.3, -0.25) is 15.1 Å². The minimum absolute atomic E-state index is 0.199. The van der Waals surface area contributed by atoms with Crippen LogP contribution in [0.15, 0.2) is 54.7 Å². The highest BCUT2D eigenvalue weighted by atomic mass is 19.1. The molecule has 134 valence electrons. The zero-order valence-corrected chi connectivity index (χ0v) is 14.4. The van der Waals surface area contributed by atoms with Crippen LogP contribution in [0.25, 0.3) is 10.9 Å². The Morgan fingerprint density at radius 3 is 2.54 bits per heavy atom. The van der Waals surface area contributed by atoms with Gasteiger partial charge in [0.1, 0.15) is 5.82 Å². The van der Waals surface area contributed by atoms with Crippen LogP contribution >= 0.6 is 0 Å². The van der Waals surface area contributed by atoms with Crippen molar-refractivity contribution in [2.75, 3.05) is 26.2 Å². The van der Waals surface area contributed by atoms with Gasteiger partial charge >= 0.3 is 0 Å². The molecule has 1 fully saturated rings. The molecule has 26 heavy (non-hydrogen) atoms. The third-order valence-electron chi connectivity index (χ3n) is 4.81. The third-order valence-corrected chi connectivity index (χ3v) is 4.81. The van der Waals surface area contributed by atoms with Gasteiger partial charge in [-0.05, 0) is 35.9 Å². The molecule has 2 aromatic carbocycles. The van der Waals surface area contributed by atoms with E-state index < -0.39 is 0 Å². The van der Waals surface area contributed by atoms with Crippen molar-refractivity contribution in [2.24, 2.45) is 0 Å². The monoisotopic (exact) mass is 352 g/mol. The molecule has 0 aliphatic carbocycles. The molecular formula is C20H21FN4O. The molecule has 4 rings (SSSR count). The summed E-state index contributed by atoms with van der Waals surface area (Å²) in [4.78, 5) is 17.9. The summed E-state index contributed by atoms with van der Waals surface area (Å²) in [5, 5.41) is 3.19. The second-order valence-corrected chi connectivity index (χ2v) is 6.57. The van der Waals surface area contributed by atoms with Crippen LogP contribution in [0.5, 0.6) is 0 Å². The lowest BCUT2D eigenvalue weighted by atomic mass is 10.1. The highest BCUT2D eigenvalue weighted by molar-refractivity contribution is 5.93. The first-order valence-corrected chi connectivity index (χ1v) is 8.78. The van der Waals surface area contributed by atoms with E-state index in [1.165, 1.54) is 35.2 Å². The second-order valence-electron chi connectivity index (χ2n) is 6.57. The predicted octanol–water partition coefficient (Wildman–Crippen LogP) is 2.77. The summed E-state index contributed by atoms with van der Waals surface area (Å²) in [6.07, 6.45) is 2.08. The smallest absolute Gasteiger partial charge is 0.265 e. The molecule has 1 amide bonds. The van der Waals surface area contributed by atoms with Crippen LogP contribution in [0.1, 0.15) is 15.9 Å². The Morgan fingerprint density at radius 1 is 1.04 bits per heavy atom. The highest BCUT2D eigenvalue weighted by Gasteiger charge is 2.19. The molecule has 2 heterocycles. The number of rotatable bonds is 4. The Labute approximate surface area is 151 Å². The summed E-state index contributed by atoms with van der Waals surface area (Å²) in [6, 6.07) is 13.9. The number of aromatic amines is 1. The number of carbonyl (C=O) groups is 1. The third kappa shape index (κ3) is 3.61. The van der Waals surface area contributed by atoms with Gasteiger partial charge in [-0.1, -0.05) is 18.2 Å². The van der Waals surface area contributed by atoms with Crippen LogP contribution < -0.4 is 5.43 Å². The van der Waals surface area contributed by atoms with Gasteiger partial charge in [0, 0.05) is 55.4 Å². The number of hydrazine groups is 1. The van der Waals surface area contributed by atoms with E-state index in [0.717, 1.165) is 38.2 Å². The summed E-state index contributed by atoms with van der Waals surface area (Å²) in [5.41, 5.74) is 5.82. The average Bonchev–Trinajstić information content (AvgIpc) is 3.07. The van der Waals surface area contributed by atoms with Gasteiger partial charge in [0.2, 0.25) is 0 Å². The fourth-order valence-corrected chi connectivity index (χ4v) is 3.33. The van der Waals surface area contributed by atoms with Crippen LogP contribution in [0.3, 0.4) is 0 Å². The van der Waals surface area contributed by atoms with Crippen molar-refractivity contribution in [1.82, 2.24) is 20.3 Å². The molecule has 5 nitrogen and oxygen atoms in total. The maximum absolute atomic E-state index is 13.0. The maximum atomic E-state index is 13.0. The molecule has 1 aromatic heterocycles. The maximum Gasteiger partial charge on any atom is 0.265 e. The molecule has 0 unspecified atom stereocenters. The number of halogens is 1. The van der Waals surface area contributed by atoms with Gasteiger partial charge in [-0.2, -0.15) is 0 Å². The largest absolute Gasteiger partial charge is 0.361 e. The SMILES string of the molecule is O=C(NN1CCN(Cc2c[nH]c3ccccc23)CC1)c1ccc(F)cc1. The number of benzene rings is 2. The molecule has 0 atom stereocenters. The lowest BCUT2D eigenvalue weighted by Gasteiger charge is -2.34. The van der Waals surface area contributed by atoms with Crippen molar-refractivity contribution in [3.8, 4) is 0 Å². The average molecular weight is 352 g/mol. The first-order chi connectivity index (χ1) is 12.7. The number of nitrogens with one attached hydrogen (secondary N) is 2.